The summed E-state index contributed by atoms with van der Waals surface area (Å²) in [5.74, 6) is -4.04. The van der Waals surface area contributed by atoms with Crippen LogP contribution in [0, 0.1) is 0 Å². The van der Waals surface area contributed by atoms with Crippen molar-refractivity contribution >= 4 is 15.9 Å². The van der Waals surface area contributed by atoms with Gasteiger partial charge in [-0.3, -0.25) is 0 Å². The molecule has 0 aromatic heterocycles. The first-order valence-electron chi connectivity index (χ1n) is 3.98. The quantitative estimate of drug-likeness (QED) is 0.275. The molecule has 0 radical (unpaired) electrons. The third-order valence-electron chi connectivity index (χ3n) is 1.98. The minimum atomic E-state index is -4.78. The van der Waals surface area contributed by atoms with Gasteiger partial charge in [-0.05, 0) is 13.3 Å². The van der Waals surface area contributed by atoms with Gasteiger partial charge in [0.15, 0.2) is 5.84 Å². The van der Waals surface area contributed by atoms with E-state index in [0.29, 0.717) is 0 Å². The smallest absolute Gasteiger partial charge is 0.350 e. The summed E-state index contributed by atoms with van der Waals surface area (Å²) in [5, 5.41) is 11.0. The highest BCUT2D eigenvalue weighted by molar-refractivity contribution is 7.89. The van der Waals surface area contributed by atoms with Crippen LogP contribution < -0.4 is 10.5 Å². The van der Waals surface area contributed by atoms with Crippen molar-refractivity contribution in [2.24, 2.45) is 10.9 Å². The Balaban J connectivity index is 5.06. The summed E-state index contributed by atoms with van der Waals surface area (Å²) in [6.07, 6.45) is 0.0643. The molecule has 0 aliphatic rings. The van der Waals surface area contributed by atoms with Crippen LogP contribution in [0.2, 0.25) is 0 Å². The Labute approximate surface area is 86.2 Å². The van der Waals surface area contributed by atoms with Crippen molar-refractivity contribution in [2.45, 2.75) is 31.6 Å². The Bertz CT molecular complexity index is 344. The first-order valence-corrected chi connectivity index (χ1v) is 5.53. The van der Waals surface area contributed by atoms with Crippen molar-refractivity contribution in [1.82, 2.24) is 4.72 Å². The van der Waals surface area contributed by atoms with Crippen LogP contribution in [-0.2, 0) is 10.0 Å². The average Bonchev–Trinajstić information content (AvgIpc) is 2.15. The van der Waals surface area contributed by atoms with Crippen LogP contribution in [0.1, 0.15) is 20.3 Å². The van der Waals surface area contributed by atoms with Crippen molar-refractivity contribution in [2.75, 3.05) is 0 Å². The van der Waals surface area contributed by atoms with E-state index in [4.69, 9.17) is 10.9 Å². The van der Waals surface area contributed by atoms with Gasteiger partial charge in [0.25, 0.3) is 10.0 Å². The Morgan fingerprint density at radius 1 is 1.67 bits per heavy atom. The van der Waals surface area contributed by atoms with Gasteiger partial charge in [0, 0.05) is 0 Å². The molecule has 0 aliphatic heterocycles. The molecule has 1 unspecified atom stereocenters. The second-order valence-electron chi connectivity index (χ2n) is 3.08. The largest absolute Gasteiger partial charge is 0.409 e. The molecule has 9 heteroatoms. The van der Waals surface area contributed by atoms with Crippen molar-refractivity contribution in [3.05, 3.63) is 0 Å². The second-order valence-corrected chi connectivity index (χ2v) is 4.73. The predicted molar refractivity (Wildman–Crippen MR) is 50.2 cm³/mol. The van der Waals surface area contributed by atoms with E-state index in [1.165, 1.54) is 13.8 Å². The van der Waals surface area contributed by atoms with Crippen LogP contribution in [0.4, 0.5) is 8.78 Å². The number of rotatable bonds is 5. The molecule has 0 aromatic rings. The monoisotopic (exact) mass is 245 g/mol. The molecule has 0 saturated heterocycles. The van der Waals surface area contributed by atoms with Gasteiger partial charge < -0.3 is 10.9 Å². The summed E-state index contributed by atoms with van der Waals surface area (Å²) >= 11 is 0. The van der Waals surface area contributed by atoms with Gasteiger partial charge in [0.2, 0.25) is 0 Å². The summed E-state index contributed by atoms with van der Waals surface area (Å²) in [6.45, 7) is 2.74. The predicted octanol–water partition coefficient (Wildman–Crippen LogP) is 0.0435. The summed E-state index contributed by atoms with van der Waals surface area (Å²) in [5.41, 5.74) is 3.67. The summed E-state index contributed by atoms with van der Waals surface area (Å²) in [4.78, 5) is 0. The zero-order chi connectivity index (χ0) is 12.3. The van der Waals surface area contributed by atoms with Crippen LogP contribution in [0.5, 0.6) is 0 Å². The third-order valence-corrected chi connectivity index (χ3v) is 3.19. The molecule has 90 valence electrons. The fourth-order valence-corrected chi connectivity index (χ4v) is 1.74. The molecule has 0 saturated carbocycles. The molecule has 0 amide bonds. The summed E-state index contributed by atoms with van der Waals surface area (Å²) < 4.78 is 47.5. The van der Waals surface area contributed by atoms with Crippen LogP contribution in [0.3, 0.4) is 0 Å². The van der Waals surface area contributed by atoms with Crippen LogP contribution in [0.25, 0.3) is 0 Å². The van der Waals surface area contributed by atoms with Gasteiger partial charge >= 0.3 is 5.76 Å². The zero-order valence-electron chi connectivity index (χ0n) is 8.24. The molecule has 0 bridgehead atoms. The molecule has 0 fully saturated rings. The minimum Gasteiger partial charge on any atom is -0.409 e. The first-order chi connectivity index (χ1) is 6.69. The van der Waals surface area contributed by atoms with Gasteiger partial charge in [0.1, 0.15) is 0 Å². The molecule has 0 aromatic carbocycles. The van der Waals surface area contributed by atoms with E-state index in [1.807, 2.05) is 0 Å². The van der Waals surface area contributed by atoms with E-state index >= 15 is 0 Å². The van der Waals surface area contributed by atoms with E-state index < -0.39 is 27.2 Å². The zero-order valence-corrected chi connectivity index (χ0v) is 9.05. The van der Waals surface area contributed by atoms with Gasteiger partial charge in [-0.1, -0.05) is 12.1 Å². The van der Waals surface area contributed by atoms with Crippen LogP contribution >= 0.6 is 0 Å². The fourth-order valence-electron chi connectivity index (χ4n) is 0.774. The van der Waals surface area contributed by atoms with Gasteiger partial charge in [-0.15, -0.1) is 0 Å². The number of hydrogen-bond donors (Lipinski definition) is 3. The average molecular weight is 245 g/mol. The molecule has 0 aliphatic carbocycles. The number of alkyl halides is 2. The Morgan fingerprint density at radius 2 is 2.13 bits per heavy atom. The number of amidine groups is 1. The van der Waals surface area contributed by atoms with Crippen LogP contribution in [-0.4, -0.2) is 30.8 Å². The van der Waals surface area contributed by atoms with E-state index in [0.717, 1.165) is 0 Å². The standard InChI is InChI=1S/C6H13F2N3O3S/c1-3-6(2,4(9)10-12)11-15(13,14)5(7)8/h5,11-12H,3H2,1-2H3,(H2,9,10). The number of sulfonamides is 1. The molecule has 0 heterocycles. The third kappa shape index (κ3) is 3.27. The normalized spacial score (nSPS) is 17.8. The Kier molecular flexibility index (Phi) is 4.41. The fraction of sp³-hybridized carbons (Fsp3) is 0.833. The highest BCUT2D eigenvalue weighted by atomic mass is 32.2. The Morgan fingerprint density at radius 3 is 2.40 bits per heavy atom. The molecule has 1 atom stereocenters. The molecule has 0 rings (SSSR count). The number of hydrogen-bond acceptors (Lipinski definition) is 4. The van der Waals surface area contributed by atoms with E-state index in [9.17, 15) is 17.2 Å². The maximum atomic E-state index is 12.1. The lowest BCUT2D eigenvalue weighted by Crippen LogP contribution is -2.56. The maximum absolute atomic E-state index is 12.1. The minimum absolute atomic E-state index is 0.0643. The summed E-state index contributed by atoms with van der Waals surface area (Å²) in [7, 11) is -4.78. The lowest BCUT2D eigenvalue weighted by Gasteiger charge is -2.27. The Hall–Kier alpha value is -0.960. The molecule has 15 heavy (non-hydrogen) atoms. The number of nitrogens with two attached hydrogens (primary N) is 1. The van der Waals surface area contributed by atoms with Crippen molar-refractivity contribution in [3.63, 3.8) is 0 Å². The van der Waals surface area contributed by atoms with E-state index in [1.54, 1.807) is 4.72 Å². The molecular formula is C6H13F2N3O3S. The number of oxime groups is 1. The van der Waals surface area contributed by atoms with E-state index in [2.05, 4.69) is 5.16 Å². The first kappa shape index (κ1) is 14.0. The van der Waals surface area contributed by atoms with Crippen LogP contribution in [0.15, 0.2) is 5.16 Å². The SMILES string of the molecule is CCC(C)(NS(=O)(=O)C(F)F)/C(N)=N/O. The number of halogens is 2. The second kappa shape index (κ2) is 4.71. The van der Waals surface area contributed by atoms with Gasteiger partial charge in [0.05, 0.1) is 5.54 Å². The van der Waals surface area contributed by atoms with Crippen molar-refractivity contribution < 1.29 is 22.4 Å². The highest BCUT2D eigenvalue weighted by Crippen LogP contribution is 2.14. The van der Waals surface area contributed by atoms with Crippen molar-refractivity contribution in [1.29, 1.82) is 0 Å². The lowest BCUT2D eigenvalue weighted by atomic mass is 10.00. The highest BCUT2D eigenvalue weighted by Gasteiger charge is 2.36. The van der Waals surface area contributed by atoms with E-state index in [-0.39, 0.29) is 6.42 Å². The summed E-state index contributed by atoms with van der Waals surface area (Å²) in [6, 6.07) is 0. The molecule has 4 N–H and O–H groups in total. The molecule has 0 spiro atoms. The maximum Gasteiger partial charge on any atom is 0.350 e. The number of nitrogens with zero attached hydrogens (tertiary/aromatic N) is 1. The molecular weight excluding hydrogens is 232 g/mol. The topological polar surface area (TPSA) is 105 Å². The lowest BCUT2D eigenvalue weighted by molar-refractivity contribution is 0.230. The van der Waals surface area contributed by atoms with Gasteiger partial charge in [-0.25, -0.2) is 8.42 Å². The molecule has 6 nitrogen and oxygen atoms in total. The number of nitrogens with one attached hydrogen (secondary N) is 1. The van der Waals surface area contributed by atoms with Crippen molar-refractivity contribution in [3.8, 4) is 0 Å². The van der Waals surface area contributed by atoms with Gasteiger partial charge in [-0.2, -0.15) is 13.5 Å².